The van der Waals surface area contributed by atoms with Crippen molar-refractivity contribution in [3.05, 3.63) is 12.7 Å². The number of carbonyl (C=O) groups is 3. The van der Waals surface area contributed by atoms with E-state index >= 15 is 0 Å². The number of urea groups is 1. The first kappa shape index (κ1) is 10.4. The summed E-state index contributed by atoms with van der Waals surface area (Å²) in [7, 11) is 0. The summed E-state index contributed by atoms with van der Waals surface area (Å²) in [6, 6.07) is -1.56. The fourth-order valence-electron chi connectivity index (χ4n) is 1.05. The van der Waals surface area contributed by atoms with Crippen LogP contribution in [0.5, 0.6) is 0 Å². The second kappa shape index (κ2) is 3.57. The number of barbiturate groups is 1. The number of nitrogens with zero attached hydrogens (tertiary/aromatic N) is 1. The van der Waals surface area contributed by atoms with Crippen molar-refractivity contribution in [2.24, 2.45) is 0 Å². The van der Waals surface area contributed by atoms with Crippen molar-refractivity contribution in [2.45, 2.75) is 19.1 Å². The van der Waals surface area contributed by atoms with Crippen LogP contribution in [0.2, 0.25) is 0 Å². The summed E-state index contributed by atoms with van der Waals surface area (Å²) in [6.45, 7) is 4.86. The van der Waals surface area contributed by atoms with Crippen LogP contribution in [0.25, 0.3) is 0 Å². The summed E-state index contributed by atoms with van der Waals surface area (Å²) in [6.07, 6.45) is -1.00. The first-order chi connectivity index (χ1) is 6.49. The third-order valence-electron chi connectivity index (χ3n) is 1.88. The molecule has 0 aromatic rings. The zero-order valence-electron chi connectivity index (χ0n) is 7.49. The molecule has 1 fully saturated rings. The molecule has 1 saturated heterocycles. The van der Waals surface area contributed by atoms with Gasteiger partial charge in [-0.05, 0) is 6.92 Å². The van der Waals surface area contributed by atoms with E-state index in [4.69, 9.17) is 0 Å². The van der Waals surface area contributed by atoms with Crippen LogP contribution in [-0.2, 0) is 9.59 Å². The maximum Gasteiger partial charge on any atom is 0.331 e. The van der Waals surface area contributed by atoms with E-state index in [0.29, 0.717) is 4.90 Å². The molecule has 0 aromatic carbocycles. The standard InChI is InChI=1S/C8H9FN2O3/c1-3-4(2)11-7(13)5(9)6(12)10-8(11)14/h3-5H,1H2,2H3,(H,10,12,14). The number of hydrogen-bond acceptors (Lipinski definition) is 3. The Morgan fingerprint density at radius 3 is 2.64 bits per heavy atom. The van der Waals surface area contributed by atoms with Crippen molar-refractivity contribution in [3.63, 3.8) is 0 Å². The molecule has 5 nitrogen and oxygen atoms in total. The summed E-state index contributed by atoms with van der Waals surface area (Å²) >= 11 is 0. The highest BCUT2D eigenvalue weighted by molar-refractivity contribution is 6.18. The molecule has 4 amide bonds. The van der Waals surface area contributed by atoms with Gasteiger partial charge in [0.15, 0.2) is 0 Å². The molecule has 0 aromatic heterocycles. The number of rotatable bonds is 2. The first-order valence-corrected chi connectivity index (χ1v) is 3.93. The van der Waals surface area contributed by atoms with E-state index in [-0.39, 0.29) is 0 Å². The van der Waals surface area contributed by atoms with Gasteiger partial charge in [0, 0.05) is 0 Å². The van der Waals surface area contributed by atoms with Gasteiger partial charge in [-0.3, -0.25) is 19.8 Å². The Morgan fingerprint density at radius 1 is 1.57 bits per heavy atom. The van der Waals surface area contributed by atoms with Crippen molar-refractivity contribution in [1.29, 1.82) is 0 Å². The van der Waals surface area contributed by atoms with Gasteiger partial charge in [-0.2, -0.15) is 0 Å². The number of amides is 4. The van der Waals surface area contributed by atoms with E-state index in [1.165, 1.54) is 13.0 Å². The minimum atomic E-state index is -2.31. The topological polar surface area (TPSA) is 66.5 Å². The molecule has 6 heteroatoms. The lowest BCUT2D eigenvalue weighted by Gasteiger charge is -2.29. The molecule has 0 saturated carbocycles. The van der Waals surface area contributed by atoms with Gasteiger partial charge in [0.1, 0.15) is 0 Å². The second-order valence-corrected chi connectivity index (χ2v) is 2.84. The number of nitrogens with one attached hydrogen (secondary N) is 1. The fourth-order valence-corrected chi connectivity index (χ4v) is 1.05. The van der Waals surface area contributed by atoms with Crippen LogP contribution in [-0.4, -0.2) is 35.0 Å². The van der Waals surface area contributed by atoms with Crippen LogP contribution >= 0.6 is 0 Å². The smallest absolute Gasteiger partial charge is 0.275 e. The van der Waals surface area contributed by atoms with Crippen LogP contribution in [0, 0.1) is 0 Å². The maximum absolute atomic E-state index is 12.9. The highest BCUT2D eigenvalue weighted by atomic mass is 19.1. The number of hydrogen-bond donors (Lipinski definition) is 1. The van der Waals surface area contributed by atoms with E-state index < -0.39 is 30.1 Å². The monoisotopic (exact) mass is 200 g/mol. The van der Waals surface area contributed by atoms with Crippen molar-refractivity contribution < 1.29 is 18.8 Å². The van der Waals surface area contributed by atoms with Crippen LogP contribution in [0.3, 0.4) is 0 Å². The molecule has 1 aliphatic rings. The van der Waals surface area contributed by atoms with Gasteiger partial charge in [-0.15, -0.1) is 6.58 Å². The lowest BCUT2D eigenvalue weighted by molar-refractivity contribution is -0.144. The Labute approximate surface area is 79.6 Å². The van der Waals surface area contributed by atoms with Gasteiger partial charge in [0.25, 0.3) is 18.0 Å². The van der Waals surface area contributed by atoms with Crippen LogP contribution < -0.4 is 5.32 Å². The normalized spacial score (nSPS) is 24.6. The quantitative estimate of drug-likeness (QED) is 0.503. The van der Waals surface area contributed by atoms with Crippen molar-refractivity contribution in [2.75, 3.05) is 0 Å². The minimum Gasteiger partial charge on any atom is -0.275 e. The summed E-state index contributed by atoms with van der Waals surface area (Å²) < 4.78 is 12.9. The molecule has 0 aliphatic carbocycles. The largest absolute Gasteiger partial charge is 0.331 e. The summed E-state index contributed by atoms with van der Waals surface area (Å²) in [5.41, 5.74) is 0. The molecular formula is C8H9FN2O3. The van der Waals surface area contributed by atoms with Gasteiger partial charge in [0.2, 0.25) is 0 Å². The van der Waals surface area contributed by atoms with Crippen molar-refractivity contribution >= 4 is 17.8 Å². The number of imide groups is 2. The molecule has 14 heavy (non-hydrogen) atoms. The number of carbonyl (C=O) groups excluding carboxylic acids is 3. The van der Waals surface area contributed by atoms with Gasteiger partial charge in [0.05, 0.1) is 6.04 Å². The van der Waals surface area contributed by atoms with E-state index in [1.807, 2.05) is 0 Å². The maximum atomic E-state index is 12.9. The number of alkyl halides is 1. The van der Waals surface area contributed by atoms with Crippen molar-refractivity contribution in [1.82, 2.24) is 10.2 Å². The Hall–Kier alpha value is -1.72. The molecule has 0 spiro atoms. The molecule has 1 rings (SSSR count). The highest BCUT2D eigenvalue weighted by Gasteiger charge is 2.42. The summed E-state index contributed by atoms with van der Waals surface area (Å²) in [4.78, 5) is 33.6. The third-order valence-corrected chi connectivity index (χ3v) is 1.88. The molecule has 2 atom stereocenters. The average Bonchev–Trinajstić information content (AvgIpc) is 2.14. The predicted octanol–water partition coefficient (Wildman–Crippen LogP) is -0.0226. The molecule has 0 radical (unpaired) electrons. The predicted molar refractivity (Wildman–Crippen MR) is 44.9 cm³/mol. The van der Waals surface area contributed by atoms with Crippen LogP contribution in [0.4, 0.5) is 9.18 Å². The lowest BCUT2D eigenvalue weighted by Crippen LogP contribution is -2.61. The van der Waals surface area contributed by atoms with Crippen LogP contribution in [0.1, 0.15) is 6.92 Å². The molecular weight excluding hydrogens is 191 g/mol. The Bertz CT molecular complexity index is 316. The van der Waals surface area contributed by atoms with Gasteiger partial charge >= 0.3 is 6.03 Å². The highest BCUT2D eigenvalue weighted by Crippen LogP contribution is 2.11. The Kier molecular flexibility index (Phi) is 2.64. The Balaban J connectivity index is 2.95. The average molecular weight is 200 g/mol. The molecule has 1 heterocycles. The molecule has 76 valence electrons. The molecule has 1 aliphatic heterocycles. The fraction of sp³-hybridized carbons (Fsp3) is 0.375. The van der Waals surface area contributed by atoms with Crippen molar-refractivity contribution in [3.8, 4) is 0 Å². The van der Waals surface area contributed by atoms with Gasteiger partial charge in [-0.25, -0.2) is 9.18 Å². The zero-order chi connectivity index (χ0) is 10.9. The van der Waals surface area contributed by atoms with Gasteiger partial charge < -0.3 is 0 Å². The SMILES string of the molecule is C=CC(C)N1C(=O)NC(=O)C(F)C1=O. The number of halogens is 1. The van der Waals surface area contributed by atoms with E-state index in [9.17, 15) is 18.8 Å². The van der Waals surface area contributed by atoms with Gasteiger partial charge in [-0.1, -0.05) is 6.08 Å². The molecule has 0 bridgehead atoms. The zero-order valence-corrected chi connectivity index (χ0v) is 7.49. The van der Waals surface area contributed by atoms with Crippen LogP contribution in [0.15, 0.2) is 12.7 Å². The van der Waals surface area contributed by atoms with E-state index in [0.717, 1.165) is 0 Å². The minimum absolute atomic E-state index is 0.624. The lowest BCUT2D eigenvalue weighted by atomic mass is 10.2. The van der Waals surface area contributed by atoms with E-state index in [2.05, 4.69) is 6.58 Å². The third kappa shape index (κ3) is 1.50. The second-order valence-electron chi connectivity index (χ2n) is 2.84. The first-order valence-electron chi connectivity index (χ1n) is 3.93. The molecule has 2 unspecified atom stereocenters. The Morgan fingerprint density at radius 2 is 2.14 bits per heavy atom. The summed E-state index contributed by atoms with van der Waals surface area (Å²) in [5.74, 6) is -2.36. The summed E-state index contributed by atoms with van der Waals surface area (Å²) in [5, 5.41) is 1.73. The van der Waals surface area contributed by atoms with E-state index in [1.54, 1.807) is 5.32 Å². The molecule has 1 N–H and O–H groups in total.